The number of carbonyl (C=O) groups excluding carboxylic acids is 1. The SMILES string of the molecule is CCCC1CC1Nc1ncc(N)cc1C(=O)OC. The van der Waals surface area contributed by atoms with E-state index in [1.807, 2.05) is 0 Å². The van der Waals surface area contributed by atoms with Crippen molar-refractivity contribution in [2.24, 2.45) is 5.92 Å². The van der Waals surface area contributed by atoms with E-state index in [1.54, 1.807) is 12.3 Å². The molecule has 1 fully saturated rings. The molecule has 2 rings (SSSR count). The van der Waals surface area contributed by atoms with Gasteiger partial charge in [0.25, 0.3) is 0 Å². The van der Waals surface area contributed by atoms with Crippen molar-refractivity contribution in [1.82, 2.24) is 4.98 Å². The number of aromatic nitrogens is 1. The Bertz CT molecular complexity index is 448. The zero-order valence-corrected chi connectivity index (χ0v) is 10.8. The van der Waals surface area contributed by atoms with Gasteiger partial charge in [-0.3, -0.25) is 0 Å². The summed E-state index contributed by atoms with van der Waals surface area (Å²) in [6.07, 6.45) is 5.08. The third-order valence-electron chi connectivity index (χ3n) is 3.22. The van der Waals surface area contributed by atoms with E-state index in [4.69, 9.17) is 10.5 Å². The highest BCUT2D eigenvalue weighted by Gasteiger charge is 2.36. The van der Waals surface area contributed by atoms with Crippen LogP contribution in [0.5, 0.6) is 0 Å². The second-order valence-electron chi connectivity index (χ2n) is 4.69. The molecule has 1 aliphatic rings. The summed E-state index contributed by atoms with van der Waals surface area (Å²) in [5.41, 5.74) is 6.51. The molecule has 0 radical (unpaired) electrons. The highest BCUT2D eigenvalue weighted by Crippen LogP contribution is 2.37. The molecule has 1 aliphatic carbocycles. The lowest BCUT2D eigenvalue weighted by Gasteiger charge is -2.10. The fourth-order valence-corrected chi connectivity index (χ4v) is 2.15. The number of anilines is 2. The van der Waals surface area contributed by atoms with Gasteiger partial charge in [-0.1, -0.05) is 13.3 Å². The lowest BCUT2D eigenvalue weighted by atomic mass is 10.2. The van der Waals surface area contributed by atoms with E-state index in [0.29, 0.717) is 29.0 Å². The lowest BCUT2D eigenvalue weighted by Crippen LogP contribution is -2.13. The third-order valence-corrected chi connectivity index (χ3v) is 3.22. The van der Waals surface area contributed by atoms with Gasteiger partial charge in [0.1, 0.15) is 11.4 Å². The van der Waals surface area contributed by atoms with Crippen LogP contribution in [0.2, 0.25) is 0 Å². The number of nitrogens with one attached hydrogen (secondary N) is 1. The fourth-order valence-electron chi connectivity index (χ4n) is 2.15. The maximum Gasteiger partial charge on any atom is 0.341 e. The van der Waals surface area contributed by atoms with Crippen LogP contribution in [-0.4, -0.2) is 24.1 Å². The third kappa shape index (κ3) is 2.72. The molecule has 98 valence electrons. The van der Waals surface area contributed by atoms with Crippen LogP contribution in [-0.2, 0) is 4.74 Å². The summed E-state index contributed by atoms with van der Waals surface area (Å²) in [7, 11) is 1.35. The molecule has 1 saturated carbocycles. The van der Waals surface area contributed by atoms with Crippen molar-refractivity contribution < 1.29 is 9.53 Å². The van der Waals surface area contributed by atoms with E-state index in [1.165, 1.54) is 20.0 Å². The number of methoxy groups -OCH3 is 1. The molecule has 3 N–H and O–H groups in total. The Labute approximate surface area is 107 Å². The summed E-state index contributed by atoms with van der Waals surface area (Å²) in [5.74, 6) is 0.851. The van der Waals surface area contributed by atoms with Crippen molar-refractivity contribution >= 4 is 17.5 Å². The zero-order chi connectivity index (χ0) is 13.1. The predicted molar refractivity (Wildman–Crippen MR) is 70.4 cm³/mol. The van der Waals surface area contributed by atoms with E-state index in [-0.39, 0.29) is 0 Å². The molecule has 5 heteroatoms. The molecule has 0 aromatic carbocycles. The van der Waals surface area contributed by atoms with Gasteiger partial charge in [0, 0.05) is 6.04 Å². The summed E-state index contributed by atoms with van der Waals surface area (Å²) < 4.78 is 4.73. The Morgan fingerprint density at radius 1 is 1.67 bits per heavy atom. The summed E-state index contributed by atoms with van der Waals surface area (Å²) in [5, 5.41) is 3.29. The van der Waals surface area contributed by atoms with Crippen LogP contribution >= 0.6 is 0 Å². The molecule has 0 bridgehead atoms. The summed E-state index contributed by atoms with van der Waals surface area (Å²) in [6, 6.07) is 2.02. The van der Waals surface area contributed by atoms with Crippen LogP contribution in [0.3, 0.4) is 0 Å². The number of hydrogen-bond acceptors (Lipinski definition) is 5. The van der Waals surface area contributed by atoms with E-state index in [0.717, 1.165) is 6.42 Å². The number of nitrogen functional groups attached to an aromatic ring is 1. The molecular weight excluding hydrogens is 230 g/mol. The number of rotatable bonds is 5. The largest absolute Gasteiger partial charge is 0.465 e. The highest BCUT2D eigenvalue weighted by molar-refractivity contribution is 5.95. The van der Waals surface area contributed by atoms with Gasteiger partial charge >= 0.3 is 5.97 Å². The van der Waals surface area contributed by atoms with Crippen molar-refractivity contribution in [2.45, 2.75) is 32.2 Å². The second-order valence-corrected chi connectivity index (χ2v) is 4.69. The van der Waals surface area contributed by atoms with Gasteiger partial charge in [0.05, 0.1) is 19.0 Å². The normalized spacial score (nSPS) is 21.4. The first-order chi connectivity index (χ1) is 8.65. The Morgan fingerprint density at radius 2 is 2.44 bits per heavy atom. The minimum atomic E-state index is -0.412. The standard InChI is InChI=1S/C13H19N3O2/c1-3-4-8-5-11(8)16-12-10(13(17)18-2)6-9(14)7-15-12/h6-8,11H,3-5,14H2,1-2H3,(H,15,16). The number of carbonyl (C=O) groups is 1. The van der Waals surface area contributed by atoms with Crippen LogP contribution < -0.4 is 11.1 Å². The molecular formula is C13H19N3O2. The first-order valence-electron chi connectivity index (χ1n) is 6.26. The second kappa shape index (κ2) is 5.25. The van der Waals surface area contributed by atoms with Crippen molar-refractivity contribution in [3.8, 4) is 0 Å². The molecule has 5 nitrogen and oxygen atoms in total. The average molecular weight is 249 g/mol. The maximum absolute atomic E-state index is 11.6. The van der Waals surface area contributed by atoms with Crippen LogP contribution in [0.15, 0.2) is 12.3 Å². The van der Waals surface area contributed by atoms with Crippen molar-refractivity contribution in [3.05, 3.63) is 17.8 Å². The number of hydrogen-bond donors (Lipinski definition) is 2. The van der Waals surface area contributed by atoms with Gasteiger partial charge in [-0.15, -0.1) is 0 Å². The minimum absolute atomic E-state index is 0.402. The average Bonchev–Trinajstić information content (AvgIpc) is 3.09. The number of pyridine rings is 1. The number of nitrogens with zero attached hydrogens (tertiary/aromatic N) is 1. The van der Waals surface area contributed by atoms with E-state index in [9.17, 15) is 4.79 Å². The van der Waals surface area contributed by atoms with Gasteiger partial charge in [-0.05, 0) is 24.8 Å². The molecule has 2 atom stereocenters. The lowest BCUT2D eigenvalue weighted by molar-refractivity contribution is 0.0601. The van der Waals surface area contributed by atoms with Gasteiger partial charge in [-0.2, -0.15) is 0 Å². The minimum Gasteiger partial charge on any atom is -0.465 e. The molecule has 2 unspecified atom stereocenters. The zero-order valence-electron chi connectivity index (χ0n) is 10.8. The molecule has 1 aromatic heterocycles. The van der Waals surface area contributed by atoms with Crippen LogP contribution in [0, 0.1) is 5.92 Å². The molecule has 1 heterocycles. The van der Waals surface area contributed by atoms with Gasteiger partial charge < -0.3 is 15.8 Å². The first-order valence-corrected chi connectivity index (χ1v) is 6.26. The summed E-state index contributed by atoms with van der Waals surface area (Å²) in [6.45, 7) is 2.18. The van der Waals surface area contributed by atoms with E-state index >= 15 is 0 Å². The molecule has 0 aliphatic heterocycles. The smallest absolute Gasteiger partial charge is 0.341 e. The van der Waals surface area contributed by atoms with Crippen molar-refractivity contribution in [2.75, 3.05) is 18.2 Å². The van der Waals surface area contributed by atoms with Gasteiger partial charge in [0.15, 0.2) is 0 Å². The molecule has 18 heavy (non-hydrogen) atoms. The molecule has 0 saturated heterocycles. The monoisotopic (exact) mass is 249 g/mol. The topological polar surface area (TPSA) is 77.2 Å². The van der Waals surface area contributed by atoms with Crippen LogP contribution in [0.4, 0.5) is 11.5 Å². The first kappa shape index (κ1) is 12.7. The predicted octanol–water partition coefficient (Wildman–Crippen LogP) is 2.05. The van der Waals surface area contributed by atoms with Crippen LogP contribution in [0.1, 0.15) is 36.5 Å². The Morgan fingerprint density at radius 3 is 3.11 bits per heavy atom. The quantitative estimate of drug-likeness (QED) is 0.781. The Kier molecular flexibility index (Phi) is 3.69. The van der Waals surface area contributed by atoms with Gasteiger partial charge in [-0.25, -0.2) is 9.78 Å². The fraction of sp³-hybridized carbons (Fsp3) is 0.538. The molecule has 0 amide bonds. The van der Waals surface area contributed by atoms with Crippen molar-refractivity contribution in [3.63, 3.8) is 0 Å². The number of nitrogens with two attached hydrogens (primary N) is 1. The molecule has 0 spiro atoms. The Hall–Kier alpha value is -1.78. The summed E-state index contributed by atoms with van der Waals surface area (Å²) in [4.78, 5) is 15.8. The number of esters is 1. The van der Waals surface area contributed by atoms with E-state index in [2.05, 4.69) is 17.2 Å². The van der Waals surface area contributed by atoms with Crippen LogP contribution in [0.25, 0.3) is 0 Å². The summed E-state index contributed by atoms with van der Waals surface area (Å²) >= 11 is 0. The van der Waals surface area contributed by atoms with Crippen molar-refractivity contribution in [1.29, 1.82) is 0 Å². The van der Waals surface area contributed by atoms with Gasteiger partial charge in [0.2, 0.25) is 0 Å². The molecule has 1 aromatic rings. The van der Waals surface area contributed by atoms with E-state index < -0.39 is 5.97 Å². The Balaban J connectivity index is 2.10. The highest BCUT2D eigenvalue weighted by atomic mass is 16.5. The number of ether oxygens (including phenoxy) is 1. The maximum atomic E-state index is 11.6.